The highest BCUT2D eigenvalue weighted by Gasteiger charge is 2.21. The molecule has 0 aromatic heterocycles. The predicted octanol–water partition coefficient (Wildman–Crippen LogP) is 1.51. The molecule has 1 aliphatic heterocycles. The van der Waals surface area contributed by atoms with Gasteiger partial charge in [0.15, 0.2) is 0 Å². The summed E-state index contributed by atoms with van der Waals surface area (Å²) in [5.74, 6) is -0.172. The summed E-state index contributed by atoms with van der Waals surface area (Å²) in [5, 5.41) is 0. The van der Waals surface area contributed by atoms with Crippen LogP contribution in [-0.4, -0.2) is 25.3 Å². The molecule has 0 unspecified atom stereocenters. The molecule has 2 atom stereocenters. The van der Waals surface area contributed by atoms with E-state index in [2.05, 4.69) is 4.74 Å². The maximum absolute atomic E-state index is 10.9. The van der Waals surface area contributed by atoms with Crippen LogP contribution in [0.4, 0.5) is 0 Å². The van der Waals surface area contributed by atoms with Crippen LogP contribution in [0.3, 0.4) is 0 Å². The molecule has 1 aliphatic rings. The molecule has 0 aliphatic carbocycles. The van der Waals surface area contributed by atoms with Crippen molar-refractivity contribution in [3.8, 4) is 0 Å². The fourth-order valence-corrected chi connectivity index (χ4v) is 1.52. The van der Waals surface area contributed by atoms with Crippen molar-refractivity contribution in [2.24, 2.45) is 0 Å². The first-order valence-corrected chi connectivity index (χ1v) is 4.44. The van der Waals surface area contributed by atoms with Gasteiger partial charge in [0.25, 0.3) is 0 Å². The summed E-state index contributed by atoms with van der Waals surface area (Å²) < 4.78 is 10.1. The third-order valence-corrected chi connectivity index (χ3v) is 2.18. The molecule has 0 amide bonds. The first-order chi connectivity index (χ1) is 5.72. The molecule has 0 aromatic rings. The zero-order valence-electron chi connectivity index (χ0n) is 7.71. The van der Waals surface area contributed by atoms with E-state index in [-0.39, 0.29) is 12.1 Å². The van der Waals surface area contributed by atoms with E-state index in [1.807, 2.05) is 6.92 Å². The Hall–Kier alpha value is -0.570. The fraction of sp³-hybridized carbons (Fsp3) is 0.889. The quantitative estimate of drug-likeness (QED) is 0.592. The van der Waals surface area contributed by atoms with E-state index >= 15 is 0 Å². The van der Waals surface area contributed by atoms with Crippen molar-refractivity contribution in [2.75, 3.05) is 7.11 Å². The molecule has 1 saturated heterocycles. The monoisotopic (exact) mass is 172 g/mol. The van der Waals surface area contributed by atoms with E-state index in [0.29, 0.717) is 12.5 Å². The summed E-state index contributed by atoms with van der Waals surface area (Å²) in [5.41, 5.74) is 0. The molecule has 0 saturated carbocycles. The molecule has 1 rings (SSSR count). The van der Waals surface area contributed by atoms with Crippen molar-refractivity contribution >= 4 is 5.97 Å². The van der Waals surface area contributed by atoms with Crippen LogP contribution in [0.25, 0.3) is 0 Å². The predicted molar refractivity (Wildman–Crippen MR) is 44.8 cm³/mol. The van der Waals surface area contributed by atoms with Crippen LogP contribution in [0.5, 0.6) is 0 Å². The van der Waals surface area contributed by atoms with Crippen LogP contribution in [0.15, 0.2) is 0 Å². The van der Waals surface area contributed by atoms with Gasteiger partial charge in [0.05, 0.1) is 25.7 Å². The Morgan fingerprint density at radius 2 is 2.33 bits per heavy atom. The lowest BCUT2D eigenvalue weighted by Gasteiger charge is -2.26. The molecule has 0 radical (unpaired) electrons. The van der Waals surface area contributed by atoms with Crippen LogP contribution in [0, 0.1) is 0 Å². The molecule has 3 heteroatoms. The number of carbonyl (C=O) groups excluding carboxylic acids is 1. The highest BCUT2D eigenvalue weighted by molar-refractivity contribution is 5.69. The van der Waals surface area contributed by atoms with Crippen LogP contribution in [0.2, 0.25) is 0 Å². The van der Waals surface area contributed by atoms with Crippen molar-refractivity contribution in [1.82, 2.24) is 0 Å². The maximum Gasteiger partial charge on any atom is 0.308 e. The molecule has 0 N–H and O–H groups in total. The van der Waals surface area contributed by atoms with Crippen molar-refractivity contribution in [3.63, 3.8) is 0 Å². The first-order valence-electron chi connectivity index (χ1n) is 4.44. The lowest BCUT2D eigenvalue weighted by Crippen LogP contribution is -2.27. The average Bonchev–Trinajstić information content (AvgIpc) is 2.04. The Bertz CT molecular complexity index is 156. The highest BCUT2D eigenvalue weighted by Crippen LogP contribution is 2.20. The normalized spacial score (nSPS) is 29.8. The second kappa shape index (κ2) is 4.45. The Morgan fingerprint density at radius 1 is 1.58 bits per heavy atom. The summed E-state index contributed by atoms with van der Waals surface area (Å²) in [6.07, 6.45) is 4.04. The van der Waals surface area contributed by atoms with Gasteiger partial charge < -0.3 is 9.47 Å². The molecule has 12 heavy (non-hydrogen) atoms. The fourth-order valence-electron chi connectivity index (χ4n) is 1.52. The second-order valence-corrected chi connectivity index (χ2v) is 3.28. The van der Waals surface area contributed by atoms with E-state index in [9.17, 15) is 4.79 Å². The summed E-state index contributed by atoms with van der Waals surface area (Å²) in [4.78, 5) is 10.9. The minimum absolute atomic E-state index is 0.0844. The third kappa shape index (κ3) is 2.81. The molecular formula is C9H16O3. The van der Waals surface area contributed by atoms with Gasteiger partial charge in [-0.25, -0.2) is 0 Å². The lowest BCUT2D eigenvalue weighted by molar-refractivity contribution is -0.146. The number of esters is 1. The van der Waals surface area contributed by atoms with Gasteiger partial charge in [0.2, 0.25) is 0 Å². The number of hydrogen-bond acceptors (Lipinski definition) is 3. The van der Waals surface area contributed by atoms with E-state index in [1.165, 1.54) is 7.11 Å². The van der Waals surface area contributed by atoms with Gasteiger partial charge >= 0.3 is 5.97 Å². The topological polar surface area (TPSA) is 35.5 Å². The largest absolute Gasteiger partial charge is 0.469 e. The molecule has 1 heterocycles. The summed E-state index contributed by atoms with van der Waals surface area (Å²) in [6, 6.07) is 0. The highest BCUT2D eigenvalue weighted by atomic mass is 16.5. The van der Waals surface area contributed by atoms with Crippen molar-refractivity contribution < 1.29 is 14.3 Å². The van der Waals surface area contributed by atoms with Gasteiger partial charge in [-0.2, -0.15) is 0 Å². The van der Waals surface area contributed by atoms with Crippen molar-refractivity contribution in [3.05, 3.63) is 0 Å². The van der Waals surface area contributed by atoms with E-state index in [4.69, 9.17) is 4.74 Å². The van der Waals surface area contributed by atoms with Crippen molar-refractivity contribution in [2.45, 2.75) is 44.8 Å². The van der Waals surface area contributed by atoms with Gasteiger partial charge in [-0.15, -0.1) is 0 Å². The Morgan fingerprint density at radius 3 is 2.92 bits per heavy atom. The van der Waals surface area contributed by atoms with E-state index in [0.717, 1.165) is 19.3 Å². The second-order valence-electron chi connectivity index (χ2n) is 3.28. The first kappa shape index (κ1) is 9.52. The number of methoxy groups -OCH3 is 1. The molecule has 70 valence electrons. The Kier molecular flexibility index (Phi) is 3.53. The van der Waals surface area contributed by atoms with Gasteiger partial charge in [-0.3, -0.25) is 4.79 Å². The number of ether oxygens (including phenoxy) is 2. The minimum atomic E-state index is -0.172. The van der Waals surface area contributed by atoms with Gasteiger partial charge in [-0.1, -0.05) is 0 Å². The minimum Gasteiger partial charge on any atom is -0.469 e. The zero-order chi connectivity index (χ0) is 8.97. The third-order valence-electron chi connectivity index (χ3n) is 2.18. The molecular weight excluding hydrogens is 156 g/mol. The standard InChI is InChI=1S/C9H16O3/c1-7-4-3-5-8(12-7)6-9(10)11-2/h7-8H,3-6H2,1-2H3/t7-,8-/m1/s1. The summed E-state index contributed by atoms with van der Waals surface area (Å²) >= 11 is 0. The average molecular weight is 172 g/mol. The van der Waals surface area contributed by atoms with Crippen LogP contribution in [0.1, 0.15) is 32.6 Å². The van der Waals surface area contributed by atoms with E-state index in [1.54, 1.807) is 0 Å². The Balaban J connectivity index is 2.27. The smallest absolute Gasteiger partial charge is 0.308 e. The van der Waals surface area contributed by atoms with Crippen LogP contribution < -0.4 is 0 Å². The molecule has 0 bridgehead atoms. The van der Waals surface area contributed by atoms with Gasteiger partial charge in [0, 0.05) is 0 Å². The summed E-state index contributed by atoms with van der Waals surface area (Å²) in [6.45, 7) is 2.05. The van der Waals surface area contributed by atoms with Crippen LogP contribution in [-0.2, 0) is 14.3 Å². The molecule has 1 fully saturated rings. The summed E-state index contributed by atoms with van der Waals surface area (Å²) in [7, 11) is 1.41. The maximum atomic E-state index is 10.9. The zero-order valence-corrected chi connectivity index (χ0v) is 7.71. The lowest BCUT2D eigenvalue weighted by atomic mass is 10.0. The SMILES string of the molecule is COC(=O)C[C@H]1CCC[C@@H](C)O1. The van der Waals surface area contributed by atoms with E-state index < -0.39 is 0 Å². The van der Waals surface area contributed by atoms with Gasteiger partial charge in [0.1, 0.15) is 0 Å². The van der Waals surface area contributed by atoms with Crippen LogP contribution >= 0.6 is 0 Å². The Labute approximate surface area is 73.0 Å². The number of carbonyl (C=O) groups is 1. The van der Waals surface area contributed by atoms with Crippen molar-refractivity contribution in [1.29, 1.82) is 0 Å². The van der Waals surface area contributed by atoms with Gasteiger partial charge in [-0.05, 0) is 26.2 Å². The number of hydrogen-bond donors (Lipinski definition) is 0. The molecule has 3 nitrogen and oxygen atoms in total. The number of rotatable bonds is 2. The molecule has 0 aromatic carbocycles. The molecule has 0 spiro atoms.